The molecule has 0 aliphatic heterocycles. The van der Waals surface area contributed by atoms with Gasteiger partial charge in [-0.15, -0.1) is 11.8 Å². The van der Waals surface area contributed by atoms with Crippen LogP contribution in [-0.4, -0.2) is 6.29 Å². The Balaban J connectivity index is 2.06. The predicted octanol–water partition coefficient (Wildman–Crippen LogP) is 4.75. The number of carbonyl (C=O) groups excluding carboxylic acids is 1. The molecule has 0 saturated heterocycles. The van der Waals surface area contributed by atoms with Gasteiger partial charge in [-0.1, -0.05) is 41.4 Å². The first-order valence-electron chi connectivity index (χ1n) is 5.62. The summed E-state index contributed by atoms with van der Waals surface area (Å²) in [5.74, 6) is 0.901. The third kappa shape index (κ3) is 3.37. The molecular formula is C15H13ClOS. The molecule has 0 heterocycles. The molecule has 0 atom stereocenters. The molecule has 0 aliphatic rings. The Morgan fingerprint density at radius 3 is 2.72 bits per heavy atom. The van der Waals surface area contributed by atoms with Crippen molar-refractivity contribution in [3.8, 4) is 0 Å². The Morgan fingerprint density at radius 1 is 1.22 bits per heavy atom. The summed E-state index contributed by atoms with van der Waals surface area (Å²) in [5.41, 5.74) is 3.09. The second-order valence-electron chi connectivity index (χ2n) is 4.08. The van der Waals surface area contributed by atoms with Crippen molar-refractivity contribution < 1.29 is 4.79 Å². The van der Waals surface area contributed by atoms with Crippen molar-refractivity contribution in [2.45, 2.75) is 17.6 Å². The monoisotopic (exact) mass is 276 g/mol. The van der Waals surface area contributed by atoms with E-state index in [9.17, 15) is 4.79 Å². The Bertz CT molecular complexity index is 566. The highest BCUT2D eigenvalue weighted by Gasteiger charge is 2.02. The maximum atomic E-state index is 10.7. The first kappa shape index (κ1) is 13.2. The number of benzene rings is 2. The molecule has 2 aromatic carbocycles. The van der Waals surface area contributed by atoms with Crippen molar-refractivity contribution in [2.75, 3.05) is 0 Å². The summed E-state index contributed by atoms with van der Waals surface area (Å²) in [4.78, 5) is 11.7. The van der Waals surface area contributed by atoms with Gasteiger partial charge in [0.05, 0.1) is 5.02 Å². The van der Waals surface area contributed by atoms with Crippen molar-refractivity contribution in [1.29, 1.82) is 0 Å². The molecule has 0 N–H and O–H groups in total. The highest BCUT2D eigenvalue weighted by Crippen LogP contribution is 2.27. The van der Waals surface area contributed by atoms with E-state index in [0.717, 1.165) is 16.9 Å². The topological polar surface area (TPSA) is 17.1 Å². The van der Waals surface area contributed by atoms with Crippen LogP contribution in [0.3, 0.4) is 0 Å². The fourth-order valence-corrected chi connectivity index (χ4v) is 2.83. The minimum Gasteiger partial charge on any atom is -0.298 e. The largest absolute Gasteiger partial charge is 0.298 e. The van der Waals surface area contributed by atoms with Crippen LogP contribution in [0.1, 0.15) is 21.5 Å². The number of rotatable bonds is 4. The molecule has 0 saturated carbocycles. The summed E-state index contributed by atoms with van der Waals surface area (Å²) >= 11 is 7.71. The molecule has 0 spiro atoms. The van der Waals surface area contributed by atoms with E-state index in [-0.39, 0.29) is 0 Å². The summed E-state index contributed by atoms with van der Waals surface area (Å²) < 4.78 is 0. The number of thioether (sulfide) groups is 1. The Labute approximate surface area is 116 Å². The van der Waals surface area contributed by atoms with Gasteiger partial charge >= 0.3 is 0 Å². The number of carbonyl (C=O) groups is 1. The number of hydrogen-bond acceptors (Lipinski definition) is 2. The van der Waals surface area contributed by atoms with Crippen molar-refractivity contribution in [3.05, 3.63) is 64.2 Å². The third-order valence-electron chi connectivity index (χ3n) is 2.59. The number of halogens is 1. The van der Waals surface area contributed by atoms with Crippen molar-refractivity contribution in [1.82, 2.24) is 0 Å². The van der Waals surface area contributed by atoms with Crippen LogP contribution in [0.15, 0.2) is 47.4 Å². The van der Waals surface area contributed by atoms with Gasteiger partial charge in [-0.2, -0.15) is 0 Å². The summed E-state index contributed by atoms with van der Waals surface area (Å²) in [6.07, 6.45) is 0.775. The van der Waals surface area contributed by atoms with Gasteiger partial charge in [0.2, 0.25) is 0 Å². The Hall–Kier alpha value is -1.25. The molecule has 0 aromatic heterocycles. The van der Waals surface area contributed by atoms with Crippen LogP contribution in [0, 0.1) is 6.92 Å². The number of aryl methyl sites for hydroxylation is 1. The smallest absolute Gasteiger partial charge is 0.151 e. The van der Waals surface area contributed by atoms with Gasteiger partial charge in [0.15, 0.2) is 6.29 Å². The van der Waals surface area contributed by atoms with E-state index in [2.05, 4.69) is 31.2 Å². The first-order chi connectivity index (χ1) is 8.69. The van der Waals surface area contributed by atoms with Gasteiger partial charge in [0.25, 0.3) is 0 Å². The van der Waals surface area contributed by atoms with E-state index in [1.165, 1.54) is 11.1 Å². The van der Waals surface area contributed by atoms with E-state index in [1.54, 1.807) is 17.8 Å². The molecule has 92 valence electrons. The molecule has 0 aliphatic carbocycles. The average Bonchev–Trinajstić information content (AvgIpc) is 2.37. The normalized spacial score (nSPS) is 10.3. The lowest BCUT2D eigenvalue weighted by atomic mass is 10.2. The summed E-state index contributed by atoms with van der Waals surface area (Å²) in [6, 6.07) is 14.0. The fraction of sp³-hybridized carbons (Fsp3) is 0.133. The molecule has 0 amide bonds. The lowest BCUT2D eigenvalue weighted by Crippen LogP contribution is -1.84. The van der Waals surface area contributed by atoms with Crippen molar-refractivity contribution in [3.63, 3.8) is 0 Å². The molecule has 0 radical (unpaired) electrons. The first-order valence-corrected chi connectivity index (χ1v) is 6.98. The second-order valence-corrected chi connectivity index (χ2v) is 5.53. The molecule has 2 aromatic rings. The highest BCUT2D eigenvalue weighted by atomic mass is 35.5. The predicted molar refractivity (Wildman–Crippen MR) is 77.6 cm³/mol. The summed E-state index contributed by atoms with van der Waals surface area (Å²) in [6.45, 7) is 2.09. The van der Waals surface area contributed by atoms with Crippen molar-refractivity contribution >= 4 is 29.6 Å². The van der Waals surface area contributed by atoms with Crippen molar-refractivity contribution in [2.24, 2.45) is 0 Å². The maximum Gasteiger partial charge on any atom is 0.151 e. The van der Waals surface area contributed by atoms with E-state index < -0.39 is 0 Å². The zero-order valence-corrected chi connectivity index (χ0v) is 11.6. The highest BCUT2D eigenvalue weighted by molar-refractivity contribution is 7.98. The van der Waals surface area contributed by atoms with Gasteiger partial charge < -0.3 is 0 Å². The molecule has 0 unspecified atom stereocenters. The van der Waals surface area contributed by atoms with Crippen LogP contribution in [0.25, 0.3) is 0 Å². The average molecular weight is 277 g/mol. The summed E-state index contributed by atoms with van der Waals surface area (Å²) in [5, 5.41) is 0.513. The molecule has 0 bridgehead atoms. The lowest BCUT2D eigenvalue weighted by Gasteiger charge is -2.04. The molecule has 1 nitrogen and oxygen atoms in total. The van der Waals surface area contributed by atoms with Gasteiger partial charge in [-0.05, 0) is 30.7 Å². The summed E-state index contributed by atoms with van der Waals surface area (Å²) in [7, 11) is 0. The second kappa shape index (κ2) is 6.07. The van der Waals surface area contributed by atoms with E-state index in [1.807, 2.05) is 12.1 Å². The molecule has 2 rings (SSSR count). The standard InChI is InChI=1S/C15H13ClOS/c1-11-3-2-4-12(7-11)10-18-14-6-5-13(9-17)15(16)8-14/h2-9H,10H2,1H3. The van der Waals surface area contributed by atoms with Gasteiger partial charge in [-0.3, -0.25) is 4.79 Å². The third-order valence-corrected chi connectivity index (χ3v) is 3.98. The quantitative estimate of drug-likeness (QED) is 0.592. The number of hydrogen-bond donors (Lipinski definition) is 0. The molecule has 0 fully saturated rings. The minimum absolute atomic E-state index is 0.513. The maximum absolute atomic E-state index is 10.7. The zero-order chi connectivity index (χ0) is 13.0. The van der Waals surface area contributed by atoms with Gasteiger partial charge in [0.1, 0.15) is 0 Å². The van der Waals surface area contributed by atoms with Crippen LogP contribution >= 0.6 is 23.4 Å². The zero-order valence-electron chi connectivity index (χ0n) is 10.0. The number of aldehydes is 1. The fourth-order valence-electron chi connectivity index (χ4n) is 1.66. The Morgan fingerprint density at radius 2 is 2.06 bits per heavy atom. The van der Waals surface area contributed by atoms with Gasteiger partial charge in [-0.25, -0.2) is 0 Å². The Kier molecular flexibility index (Phi) is 4.45. The van der Waals surface area contributed by atoms with Crippen LogP contribution in [0.2, 0.25) is 5.02 Å². The molecule has 3 heteroatoms. The lowest BCUT2D eigenvalue weighted by molar-refractivity contribution is 0.112. The van der Waals surface area contributed by atoms with Gasteiger partial charge in [0, 0.05) is 16.2 Å². The van der Waals surface area contributed by atoms with Crippen LogP contribution in [-0.2, 0) is 5.75 Å². The molecule has 18 heavy (non-hydrogen) atoms. The van der Waals surface area contributed by atoms with Crippen LogP contribution in [0.4, 0.5) is 0 Å². The van der Waals surface area contributed by atoms with E-state index in [4.69, 9.17) is 11.6 Å². The SMILES string of the molecule is Cc1cccc(CSc2ccc(C=O)c(Cl)c2)c1. The van der Waals surface area contributed by atoms with Crippen LogP contribution < -0.4 is 0 Å². The van der Waals surface area contributed by atoms with E-state index in [0.29, 0.717) is 10.6 Å². The minimum atomic E-state index is 0.513. The van der Waals surface area contributed by atoms with Crippen LogP contribution in [0.5, 0.6) is 0 Å². The molecular weight excluding hydrogens is 264 g/mol. The van der Waals surface area contributed by atoms with E-state index >= 15 is 0 Å².